The summed E-state index contributed by atoms with van der Waals surface area (Å²) < 4.78 is 0. The Morgan fingerprint density at radius 1 is 1.50 bits per heavy atom. The van der Waals surface area contributed by atoms with Gasteiger partial charge in [-0.2, -0.15) is 0 Å². The maximum absolute atomic E-state index is 11.2. The van der Waals surface area contributed by atoms with Crippen molar-refractivity contribution >= 4 is 5.91 Å². The monoisotopic (exact) mass is 174 g/mol. The summed E-state index contributed by atoms with van der Waals surface area (Å²) in [6.45, 7) is 3.91. The molecule has 0 fully saturated rings. The molecule has 0 bridgehead atoms. The van der Waals surface area contributed by atoms with Crippen LogP contribution in [0.3, 0.4) is 0 Å². The molecule has 0 spiro atoms. The molecule has 0 aromatic heterocycles. The molecule has 2 N–H and O–H groups in total. The summed E-state index contributed by atoms with van der Waals surface area (Å²) >= 11 is 0. The highest BCUT2D eigenvalue weighted by Gasteiger charge is 2.13. The molecule has 0 radical (unpaired) electrons. The lowest BCUT2D eigenvalue weighted by Gasteiger charge is -2.18. The largest absolute Gasteiger partial charge is 0.392 e. The molecule has 0 aliphatic rings. The van der Waals surface area contributed by atoms with Crippen LogP contribution in [-0.4, -0.2) is 48.7 Å². The molecular formula is C8H18N2O2. The number of carbonyl (C=O) groups is 1. The van der Waals surface area contributed by atoms with Crippen molar-refractivity contribution in [2.45, 2.75) is 26.0 Å². The molecule has 4 heteroatoms. The van der Waals surface area contributed by atoms with Crippen molar-refractivity contribution in [2.24, 2.45) is 0 Å². The fourth-order valence-corrected chi connectivity index (χ4v) is 0.822. The highest BCUT2D eigenvalue weighted by molar-refractivity contribution is 5.80. The molecule has 72 valence electrons. The van der Waals surface area contributed by atoms with Gasteiger partial charge in [-0.1, -0.05) is 0 Å². The number of hydrogen-bond donors (Lipinski definition) is 2. The summed E-state index contributed by atoms with van der Waals surface area (Å²) in [5.74, 6) is 0.0238. The van der Waals surface area contributed by atoms with Crippen molar-refractivity contribution in [1.82, 2.24) is 10.2 Å². The second kappa shape index (κ2) is 5.11. The van der Waals surface area contributed by atoms with E-state index in [2.05, 4.69) is 5.32 Å². The highest BCUT2D eigenvalue weighted by Crippen LogP contribution is 1.88. The molecule has 0 rings (SSSR count). The SMILES string of the molecule is CC(O)CNC(C)C(=O)N(C)C. The Balaban J connectivity index is 3.72. The third-order valence-corrected chi connectivity index (χ3v) is 1.53. The molecule has 2 atom stereocenters. The van der Waals surface area contributed by atoms with Gasteiger partial charge in [-0.15, -0.1) is 0 Å². The lowest BCUT2D eigenvalue weighted by Crippen LogP contribution is -2.43. The normalized spacial score (nSPS) is 15.4. The standard InChI is InChI=1S/C8H18N2O2/c1-6(11)5-9-7(2)8(12)10(3)4/h6-7,9,11H,5H2,1-4H3. The number of carbonyl (C=O) groups excluding carboxylic acids is 1. The summed E-state index contributed by atoms with van der Waals surface area (Å²) in [5.41, 5.74) is 0. The Hall–Kier alpha value is -0.610. The Morgan fingerprint density at radius 2 is 2.00 bits per heavy atom. The maximum Gasteiger partial charge on any atom is 0.238 e. The highest BCUT2D eigenvalue weighted by atomic mass is 16.3. The first-order chi connectivity index (χ1) is 5.45. The van der Waals surface area contributed by atoms with Gasteiger partial charge in [-0.3, -0.25) is 4.79 Å². The maximum atomic E-state index is 11.2. The summed E-state index contributed by atoms with van der Waals surface area (Å²) in [6.07, 6.45) is -0.414. The first-order valence-electron chi connectivity index (χ1n) is 4.07. The Labute approximate surface area is 73.6 Å². The minimum atomic E-state index is -0.414. The van der Waals surface area contributed by atoms with Crippen molar-refractivity contribution in [2.75, 3.05) is 20.6 Å². The number of amides is 1. The van der Waals surface area contributed by atoms with Crippen molar-refractivity contribution in [1.29, 1.82) is 0 Å². The average Bonchev–Trinajstić information content (AvgIpc) is 1.98. The quantitative estimate of drug-likeness (QED) is 0.600. The molecule has 0 saturated heterocycles. The van der Waals surface area contributed by atoms with Crippen LogP contribution in [0.5, 0.6) is 0 Å². The molecule has 0 saturated carbocycles. The van der Waals surface area contributed by atoms with Crippen LogP contribution in [-0.2, 0) is 4.79 Å². The molecule has 0 heterocycles. The van der Waals surface area contributed by atoms with Crippen LogP contribution in [0.15, 0.2) is 0 Å². The van der Waals surface area contributed by atoms with Gasteiger partial charge in [-0.25, -0.2) is 0 Å². The van der Waals surface area contributed by atoms with Crippen LogP contribution in [0.2, 0.25) is 0 Å². The zero-order valence-electron chi connectivity index (χ0n) is 8.16. The fraction of sp³-hybridized carbons (Fsp3) is 0.875. The van der Waals surface area contributed by atoms with Gasteiger partial charge >= 0.3 is 0 Å². The number of aliphatic hydroxyl groups is 1. The second-order valence-electron chi connectivity index (χ2n) is 3.21. The van der Waals surface area contributed by atoms with E-state index in [0.717, 1.165) is 0 Å². The lowest BCUT2D eigenvalue weighted by atomic mass is 10.3. The molecule has 12 heavy (non-hydrogen) atoms. The fourth-order valence-electron chi connectivity index (χ4n) is 0.822. The minimum absolute atomic E-state index is 0.0238. The van der Waals surface area contributed by atoms with E-state index in [9.17, 15) is 4.79 Å². The van der Waals surface area contributed by atoms with Crippen LogP contribution in [0.25, 0.3) is 0 Å². The van der Waals surface area contributed by atoms with Crippen molar-refractivity contribution < 1.29 is 9.90 Å². The third kappa shape index (κ3) is 4.31. The van der Waals surface area contributed by atoms with E-state index in [1.807, 2.05) is 0 Å². The van der Waals surface area contributed by atoms with Gasteiger partial charge in [0.2, 0.25) is 5.91 Å². The predicted octanol–water partition coefficient (Wildman–Crippen LogP) is -0.566. The molecule has 2 unspecified atom stereocenters. The first kappa shape index (κ1) is 11.4. The minimum Gasteiger partial charge on any atom is -0.392 e. The number of hydrogen-bond acceptors (Lipinski definition) is 3. The van der Waals surface area contributed by atoms with Crippen LogP contribution in [0.1, 0.15) is 13.8 Å². The number of aliphatic hydroxyl groups excluding tert-OH is 1. The summed E-state index contributed by atoms with van der Waals surface area (Å²) in [7, 11) is 3.42. The van der Waals surface area contributed by atoms with Crippen LogP contribution < -0.4 is 5.32 Å². The smallest absolute Gasteiger partial charge is 0.238 e. The third-order valence-electron chi connectivity index (χ3n) is 1.53. The lowest BCUT2D eigenvalue weighted by molar-refractivity contribution is -0.130. The number of nitrogens with zero attached hydrogens (tertiary/aromatic N) is 1. The number of nitrogens with one attached hydrogen (secondary N) is 1. The molecule has 0 aromatic carbocycles. The van der Waals surface area contributed by atoms with Gasteiger partial charge in [0.05, 0.1) is 12.1 Å². The van der Waals surface area contributed by atoms with Gasteiger partial charge in [-0.05, 0) is 13.8 Å². The van der Waals surface area contributed by atoms with E-state index in [1.165, 1.54) is 4.90 Å². The molecule has 0 aliphatic carbocycles. The van der Waals surface area contributed by atoms with E-state index >= 15 is 0 Å². The number of likely N-dealkylation sites (N-methyl/N-ethyl adjacent to an activating group) is 1. The summed E-state index contributed by atoms with van der Waals surface area (Å²) in [5, 5.41) is 11.9. The summed E-state index contributed by atoms with van der Waals surface area (Å²) in [4.78, 5) is 12.8. The zero-order chi connectivity index (χ0) is 9.72. The van der Waals surface area contributed by atoms with Gasteiger partial charge in [0.15, 0.2) is 0 Å². The second-order valence-corrected chi connectivity index (χ2v) is 3.21. The van der Waals surface area contributed by atoms with E-state index in [-0.39, 0.29) is 11.9 Å². The van der Waals surface area contributed by atoms with Crippen LogP contribution >= 0.6 is 0 Å². The Kier molecular flexibility index (Phi) is 4.85. The Bertz CT molecular complexity index is 146. The topological polar surface area (TPSA) is 52.6 Å². The van der Waals surface area contributed by atoms with Crippen LogP contribution in [0, 0.1) is 0 Å². The molecular weight excluding hydrogens is 156 g/mol. The van der Waals surface area contributed by atoms with E-state index < -0.39 is 6.10 Å². The molecule has 0 aromatic rings. The van der Waals surface area contributed by atoms with E-state index in [0.29, 0.717) is 6.54 Å². The van der Waals surface area contributed by atoms with Crippen molar-refractivity contribution in [3.05, 3.63) is 0 Å². The molecule has 4 nitrogen and oxygen atoms in total. The molecule has 1 amide bonds. The average molecular weight is 174 g/mol. The van der Waals surface area contributed by atoms with Crippen molar-refractivity contribution in [3.63, 3.8) is 0 Å². The van der Waals surface area contributed by atoms with E-state index in [1.54, 1.807) is 27.9 Å². The van der Waals surface area contributed by atoms with Crippen LogP contribution in [0.4, 0.5) is 0 Å². The van der Waals surface area contributed by atoms with Gasteiger partial charge < -0.3 is 15.3 Å². The predicted molar refractivity (Wildman–Crippen MR) is 47.8 cm³/mol. The number of rotatable bonds is 4. The Morgan fingerprint density at radius 3 is 2.33 bits per heavy atom. The zero-order valence-corrected chi connectivity index (χ0v) is 8.16. The summed E-state index contributed by atoms with van der Waals surface area (Å²) in [6, 6.07) is -0.227. The van der Waals surface area contributed by atoms with Gasteiger partial charge in [0.1, 0.15) is 0 Å². The van der Waals surface area contributed by atoms with Crippen molar-refractivity contribution in [3.8, 4) is 0 Å². The molecule has 0 aliphatic heterocycles. The van der Waals surface area contributed by atoms with E-state index in [4.69, 9.17) is 5.11 Å². The first-order valence-corrected chi connectivity index (χ1v) is 4.07. The van der Waals surface area contributed by atoms with Gasteiger partial charge in [0.25, 0.3) is 0 Å². The van der Waals surface area contributed by atoms with Gasteiger partial charge in [0, 0.05) is 20.6 Å².